The molecule has 1 saturated carbocycles. The van der Waals surface area contributed by atoms with Crippen LogP contribution in [0.15, 0.2) is 11.6 Å². The molecule has 2 heterocycles. The van der Waals surface area contributed by atoms with Gasteiger partial charge in [-0.2, -0.15) is 5.26 Å². The Hall–Kier alpha value is -1.65. The normalized spacial score (nSPS) is 21.6. The van der Waals surface area contributed by atoms with Gasteiger partial charge in [-0.3, -0.25) is 9.69 Å². The lowest BCUT2D eigenvalue weighted by atomic mass is 9.83. The molecule has 6 nitrogen and oxygen atoms in total. The van der Waals surface area contributed by atoms with Crippen molar-refractivity contribution >= 4 is 22.4 Å². The van der Waals surface area contributed by atoms with Crippen molar-refractivity contribution in [3.8, 4) is 6.07 Å². The highest BCUT2D eigenvalue weighted by molar-refractivity contribution is 7.13. The van der Waals surface area contributed by atoms with E-state index in [0.29, 0.717) is 6.54 Å². The van der Waals surface area contributed by atoms with Crippen LogP contribution in [0.2, 0.25) is 0 Å². The number of rotatable bonds is 4. The first kappa shape index (κ1) is 16.2. The second-order valence-electron chi connectivity index (χ2n) is 6.38. The fourth-order valence-electron chi connectivity index (χ4n) is 3.40. The summed E-state index contributed by atoms with van der Waals surface area (Å²) >= 11 is 1.65. The molecule has 1 aromatic heterocycles. The van der Waals surface area contributed by atoms with Crippen molar-refractivity contribution in [2.45, 2.75) is 37.6 Å². The van der Waals surface area contributed by atoms with Gasteiger partial charge >= 0.3 is 0 Å². The molecule has 0 radical (unpaired) electrons. The molecule has 0 bridgehead atoms. The fraction of sp³-hybridized carbons (Fsp3) is 0.688. The average molecular weight is 333 g/mol. The fourth-order valence-corrected chi connectivity index (χ4v) is 4.10. The summed E-state index contributed by atoms with van der Waals surface area (Å²) in [4.78, 5) is 21.1. The van der Waals surface area contributed by atoms with Gasteiger partial charge in [-0.25, -0.2) is 4.98 Å². The third-order valence-electron chi connectivity index (χ3n) is 4.73. The van der Waals surface area contributed by atoms with Gasteiger partial charge in [0.2, 0.25) is 5.91 Å². The van der Waals surface area contributed by atoms with Crippen LogP contribution in [0.1, 0.15) is 32.1 Å². The molecule has 0 unspecified atom stereocenters. The zero-order valence-electron chi connectivity index (χ0n) is 13.3. The lowest BCUT2D eigenvalue weighted by Crippen LogP contribution is -2.54. The van der Waals surface area contributed by atoms with E-state index in [1.54, 1.807) is 11.3 Å². The van der Waals surface area contributed by atoms with Gasteiger partial charge in [0.25, 0.3) is 0 Å². The Morgan fingerprint density at radius 1 is 1.30 bits per heavy atom. The van der Waals surface area contributed by atoms with Gasteiger partial charge in [0, 0.05) is 37.8 Å². The van der Waals surface area contributed by atoms with E-state index < -0.39 is 5.54 Å². The molecule has 1 saturated heterocycles. The van der Waals surface area contributed by atoms with E-state index in [2.05, 4.69) is 26.2 Å². The highest BCUT2D eigenvalue weighted by Crippen LogP contribution is 2.27. The molecule has 1 aliphatic carbocycles. The first-order valence-corrected chi connectivity index (χ1v) is 9.18. The van der Waals surface area contributed by atoms with Gasteiger partial charge in [0.05, 0.1) is 12.6 Å². The van der Waals surface area contributed by atoms with Crippen molar-refractivity contribution in [2.24, 2.45) is 0 Å². The summed E-state index contributed by atoms with van der Waals surface area (Å²) in [5, 5.41) is 15.5. The predicted octanol–water partition coefficient (Wildman–Crippen LogP) is 1.61. The predicted molar refractivity (Wildman–Crippen MR) is 90.3 cm³/mol. The number of anilines is 1. The molecule has 1 aromatic rings. The summed E-state index contributed by atoms with van der Waals surface area (Å²) in [5.74, 6) is -0.0175. The van der Waals surface area contributed by atoms with Crippen molar-refractivity contribution in [2.75, 3.05) is 37.6 Å². The van der Waals surface area contributed by atoms with E-state index in [1.807, 2.05) is 11.6 Å². The summed E-state index contributed by atoms with van der Waals surface area (Å²) in [6.07, 6.45) is 6.62. The number of nitrogens with one attached hydrogen (secondary N) is 1. The Balaban J connectivity index is 1.47. The van der Waals surface area contributed by atoms with Gasteiger partial charge < -0.3 is 10.2 Å². The maximum Gasteiger partial charge on any atom is 0.235 e. The molecule has 2 fully saturated rings. The molecule has 2 aliphatic rings. The Morgan fingerprint density at radius 2 is 2.04 bits per heavy atom. The second-order valence-corrected chi connectivity index (χ2v) is 7.25. The number of piperazine rings is 1. The van der Waals surface area contributed by atoms with Crippen LogP contribution in [0.3, 0.4) is 0 Å². The zero-order chi connectivity index (χ0) is 16.1. The summed E-state index contributed by atoms with van der Waals surface area (Å²) in [5.41, 5.74) is -0.627. The zero-order valence-corrected chi connectivity index (χ0v) is 14.1. The maximum absolute atomic E-state index is 12.3. The standard InChI is InChI=1S/C16H23N5OS/c17-13-16(4-2-1-3-5-16)19-14(22)12-20-7-9-21(10-8-20)15-18-6-11-23-15/h6,11H,1-5,7-10,12H2,(H,19,22). The van der Waals surface area contributed by atoms with Crippen molar-refractivity contribution in [3.63, 3.8) is 0 Å². The Morgan fingerprint density at radius 3 is 2.65 bits per heavy atom. The quantitative estimate of drug-likeness (QED) is 0.906. The van der Waals surface area contributed by atoms with Gasteiger partial charge in [-0.1, -0.05) is 19.3 Å². The largest absolute Gasteiger partial charge is 0.346 e. The van der Waals surface area contributed by atoms with Crippen LogP contribution in [0.25, 0.3) is 0 Å². The van der Waals surface area contributed by atoms with Crippen molar-refractivity contribution in [3.05, 3.63) is 11.6 Å². The SMILES string of the molecule is N#CC1(NC(=O)CN2CCN(c3nccs3)CC2)CCCCC1. The number of hydrogen-bond donors (Lipinski definition) is 1. The highest BCUT2D eigenvalue weighted by atomic mass is 32.1. The van der Waals surface area contributed by atoms with Gasteiger partial charge in [-0.15, -0.1) is 11.3 Å². The van der Waals surface area contributed by atoms with E-state index in [-0.39, 0.29) is 5.91 Å². The van der Waals surface area contributed by atoms with E-state index in [4.69, 9.17) is 0 Å². The topological polar surface area (TPSA) is 72.3 Å². The second kappa shape index (κ2) is 7.28. The molecule has 23 heavy (non-hydrogen) atoms. The molecule has 0 spiro atoms. The number of nitrogens with zero attached hydrogens (tertiary/aromatic N) is 4. The van der Waals surface area contributed by atoms with Crippen LogP contribution in [0.4, 0.5) is 5.13 Å². The summed E-state index contributed by atoms with van der Waals surface area (Å²) in [6, 6.07) is 2.35. The van der Waals surface area contributed by atoms with E-state index >= 15 is 0 Å². The number of carbonyl (C=O) groups is 1. The minimum atomic E-state index is -0.627. The van der Waals surface area contributed by atoms with Crippen LogP contribution in [-0.4, -0.2) is 54.1 Å². The Labute approximate surface area is 141 Å². The molecule has 0 aromatic carbocycles. The number of thiazole rings is 1. The van der Waals surface area contributed by atoms with Gasteiger partial charge in [0.1, 0.15) is 5.54 Å². The van der Waals surface area contributed by atoms with Crippen LogP contribution in [0, 0.1) is 11.3 Å². The molecule has 7 heteroatoms. The summed E-state index contributed by atoms with van der Waals surface area (Å²) in [6.45, 7) is 3.88. The third kappa shape index (κ3) is 4.01. The first-order valence-electron chi connectivity index (χ1n) is 8.30. The van der Waals surface area contributed by atoms with Crippen molar-refractivity contribution in [1.82, 2.24) is 15.2 Å². The lowest BCUT2D eigenvalue weighted by molar-refractivity contribution is -0.124. The van der Waals surface area contributed by atoms with E-state index in [9.17, 15) is 10.1 Å². The lowest BCUT2D eigenvalue weighted by Gasteiger charge is -2.36. The smallest absolute Gasteiger partial charge is 0.235 e. The van der Waals surface area contributed by atoms with Crippen LogP contribution >= 0.6 is 11.3 Å². The number of carbonyl (C=O) groups excluding carboxylic acids is 1. The van der Waals surface area contributed by atoms with Crippen molar-refractivity contribution < 1.29 is 4.79 Å². The summed E-state index contributed by atoms with van der Waals surface area (Å²) in [7, 11) is 0. The number of amides is 1. The molecule has 1 aliphatic heterocycles. The van der Waals surface area contributed by atoms with Gasteiger partial charge in [-0.05, 0) is 12.8 Å². The maximum atomic E-state index is 12.3. The van der Waals surface area contributed by atoms with E-state index in [0.717, 1.165) is 63.4 Å². The minimum absolute atomic E-state index is 0.0175. The molecule has 3 rings (SSSR count). The van der Waals surface area contributed by atoms with Crippen LogP contribution < -0.4 is 10.2 Å². The first-order chi connectivity index (χ1) is 11.2. The number of nitriles is 1. The van der Waals surface area contributed by atoms with Crippen molar-refractivity contribution in [1.29, 1.82) is 5.26 Å². The van der Waals surface area contributed by atoms with Crippen LogP contribution in [-0.2, 0) is 4.79 Å². The van der Waals surface area contributed by atoms with Gasteiger partial charge in [0.15, 0.2) is 5.13 Å². The molecule has 1 N–H and O–H groups in total. The highest BCUT2D eigenvalue weighted by Gasteiger charge is 2.34. The Kier molecular flexibility index (Phi) is 5.13. The average Bonchev–Trinajstić information content (AvgIpc) is 3.11. The Bertz CT molecular complexity index is 554. The van der Waals surface area contributed by atoms with E-state index in [1.165, 1.54) is 0 Å². The molecular formula is C16H23N5OS. The molecule has 1 amide bonds. The minimum Gasteiger partial charge on any atom is -0.346 e. The molecule has 124 valence electrons. The molecular weight excluding hydrogens is 310 g/mol. The summed E-state index contributed by atoms with van der Waals surface area (Å²) < 4.78 is 0. The molecule has 0 atom stereocenters. The monoisotopic (exact) mass is 333 g/mol. The third-order valence-corrected chi connectivity index (χ3v) is 5.56. The number of aromatic nitrogens is 1. The number of hydrogen-bond acceptors (Lipinski definition) is 6. The van der Waals surface area contributed by atoms with Crippen LogP contribution in [0.5, 0.6) is 0 Å².